The zero-order valence-corrected chi connectivity index (χ0v) is 12.9. The monoisotopic (exact) mass is 326 g/mol. The van der Waals surface area contributed by atoms with Crippen LogP contribution in [0.25, 0.3) is 11.0 Å². The first-order chi connectivity index (χ1) is 10.6. The van der Waals surface area contributed by atoms with E-state index in [0.717, 1.165) is 16.8 Å². The molecule has 124 valence electrons. The Morgan fingerprint density at radius 3 is 2.61 bits per heavy atom. The Balaban J connectivity index is 2.79. The van der Waals surface area contributed by atoms with E-state index in [1.807, 2.05) is 0 Å². The van der Waals surface area contributed by atoms with Crippen LogP contribution >= 0.6 is 0 Å². The van der Waals surface area contributed by atoms with Gasteiger partial charge in [0.15, 0.2) is 5.82 Å². The van der Waals surface area contributed by atoms with Crippen LogP contribution in [0, 0.1) is 5.82 Å². The molecule has 0 aliphatic heterocycles. The van der Waals surface area contributed by atoms with Gasteiger partial charge >= 0.3 is 5.97 Å². The first-order valence-electron chi connectivity index (χ1n) is 6.86. The standard InChI is InChI=1S/C15H16F2N2O4/c1-15(2,3)23-13-10(17)6-8-11(20)9(14(21)22)7-19(5-4-16)12(8)18-13/h6-7H,4-5H2,1-3H3,(H,21,22). The Morgan fingerprint density at radius 2 is 2.09 bits per heavy atom. The Morgan fingerprint density at radius 1 is 1.43 bits per heavy atom. The topological polar surface area (TPSA) is 81.4 Å². The third-order valence-corrected chi connectivity index (χ3v) is 2.93. The van der Waals surface area contributed by atoms with Gasteiger partial charge in [-0.2, -0.15) is 4.98 Å². The molecule has 0 atom stereocenters. The number of fused-ring (bicyclic) bond motifs is 1. The molecule has 0 saturated carbocycles. The van der Waals surface area contributed by atoms with Gasteiger partial charge < -0.3 is 14.4 Å². The summed E-state index contributed by atoms with van der Waals surface area (Å²) < 4.78 is 33.4. The molecule has 0 radical (unpaired) electrons. The Bertz CT molecular complexity index is 825. The highest BCUT2D eigenvalue weighted by Gasteiger charge is 2.21. The zero-order valence-electron chi connectivity index (χ0n) is 12.9. The quantitative estimate of drug-likeness (QED) is 0.933. The SMILES string of the molecule is CC(C)(C)Oc1nc2c(cc1F)c(=O)c(C(=O)O)cn2CCF. The second-order valence-electron chi connectivity index (χ2n) is 5.92. The second-order valence-corrected chi connectivity index (χ2v) is 5.92. The van der Waals surface area contributed by atoms with Crippen molar-refractivity contribution in [1.82, 2.24) is 9.55 Å². The third-order valence-electron chi connectivity index (χ3n) is 2.93. The van der Waals surface area contributed by atoms with Crippen LogP contribution in [0.4, 0.5) is 8.78 Å². The molecular weight excluding hydrogens is 310 g/mol. The van der Waals surface area contributed by atoms with E-state index in [1.165, 1.54) is 0 Å². The van der Waals surface area contributed by atoms with E-state index < -0.39 is 35.1 Å². The number of hydrogen-bond acceptors (Lipinski definition) is 4. The largest absolute Gasteiger partial charge is 0.477 e. The number of halogens is 2. The molecule has 2 aromatic rings. The van der Waals surface area contributed by atoms with E-state index in [9.17, 15) is 18.4 Å². The Hall–Kier alpha value is -2.51. The van der Waals surface area contributed by atoms with Crippen molar-refractivity contribution in [1.29, 1.82) is 0 Å². The lowest BCUT2D eigenvalue weighted by atomic mass is 10.1. The molecule has 23 heavy (non-hydrogen) atoms. The van der Waals surface area contributed by atoms with Crippen molar-refractivity contribution in [3.63, 3.8) is 0 Å². The van der Waals surface area contributed by atoms with Gasteiger partial charge in [-0.1, -0.05) is 0 Å². The Labute approximate surface area is 130 Å². The van der Waals surface area contributed by atoms with Crippen molar-refractivity contribution in [2.45, 2.75) is 32.9 Å². The molecule has 0 aliphatic rings. The summed E-state index contributed by atoms with van der Waals surface area (Å²) >= 11 is 0. The summed E-state index contributed by atoms with van der Waals surface area (Å²) in [5, 5.41) is 8.81. The van der Waals surface area contributed by atoms with E-state index >= 15 is 0 Å². The van der Waals surface area contributed by atoms with E-state index in [1.54, 1.807) is 20.8 Å². The van der Waals surface area contributed by atoms with Gasteiger partial charge in [-0.3, -0.25) is 4.79 Å². The molecule has 2 rings (SSSR count). The molecule has 0 aromatic carbocycles. The first kappa shape index (κ1) is 16.9. The maximum atomic E-state index is 14.1. The number of carboxylic acid groups (broad SMARTS) is 1. The predicted molar refractivity (Wildman–Crippen MR) is 79.3 cm³/mol. The summed E-state index contributed by atoms with van der Waals surface area (Å²) in [7, 11) is 0. The van der Waals surface area contributed by atoms with E-state index in [4.69, 9.17) is 9.84 Å². The molecule has 2 heterocycles. The molecule has 0 saturated heterocycles. The second kappa shape index (κ2) is 5.94. The van der Waals surface area contributed by atoms with E-state index in [2.05, 4.69) is 4.98 Å². The van der Waals surface area contributed by atoms with Crippen LogP contribution in [0.5, 0.6) is 5.88 Å². The average Bonchev–Trinajstić information content (AvgIpc) is 2.42. The Kier molecular flexibility index (Phi) is 4.35. The predicted octanol–water partition coefficient (Wildman–Crippen LogP) is 2.38. The highest BCUT2D eigenvalue weighted by Crippen LogP contribution is 2.23. The molecule has 2 aromatic heterocycles. The number of aromatic nitrogens is 2. The highest BCUT2D eigenvalue weighted by atomic mass is 19.1. The van der Waals surface area contributed by atoms with Crippen molar-refractivity contribution >= 4 is 17.0 Å². The van der Waals surface area contributed by atoms with E-state index in [0.29, 0.717) is 0 Å². The number of carboxylic acids is 1. The lowest BCUT2D eigenvalue weighted by molar-refractivity contribution is 0.0694. The number of hydrogen-bond donors (Lipinski definition) is 1. The van der Waals surface area contributed by atoms with Gasteiger partial charge in [0.2, 0.25) is 5.43 Å². The summed E-state index contributed by atoms with van der Waals surface area (Å²) in [5.41, 5.74) is -2.21. The molecule has 0 bridgehead atoms. The van der Waals surface area contributed by atoms with Crippen molar-refractivity contribution in [3.05, 3.63) is 33.9 Å². The van der Waals surface area contributed by atoms with Crippen LogP contribution in [-0.4, -0.2) is 32.9 Å². The van der Waals surface area contributed by atoms with Gasteiger partial charge in [0.1, 0.15) is 23.5 Å². The number of pyridine rings is 2. The minimum absolute atomic E-state index is 0.0294. The molecule has 0 unspecified atom stereocenters. The van der Waals surface area contributed by atoms with Gasteiger partial charge in [0, 0.05) is 6.20 Å². The van der Waals surface area contributed by atoms with Gasteiger partial charge in [0.05, 0.1) is 11.9 Å². The number of nitrogens with zero attached hydrogens (tertiary/aromatic N) is 2. The van der Waals surface area contributed by atoms with Crippen LogP contribution in [0.15, 0.2) is 17.1 Å². The van der Waals surface area contributed by atoms with E-state index in [-0.39, 0.29) is 23.5 Å². The van der Waals surface area contributed by atoms with Crippen LogP contribution in [0.3, 0.4) is 0 Å². The van der Waals surface area contributed by atoms with Gasteiger partial charge in [-0.15, -0.1) is 0 Å². The summed E-state index contributed by atoms with van der Waals surface area (Å²) in [4.78, 5) is 27.2. The fraction of sp³-hybridized carbons (Fsp3) is 0.400. The summed E-state index contributed by atoms with van der Waals surface area (Å²) in [6.45, 7) is 4.07. The third kappa shape index (κ3) is 3.46. The number of ether oxygens (including phenoxy) is 1. The van der Waals surface area contributed by atoms with Crippen molar-refractivity contribution in [2.75, 3.05) is 6.67 Å². The number of aryl methyl sites for hydroxylation is 1. The number of alkyl halides is 1. The molecule has 0 spiro atoms. The minimum Gasteiger partial charge on any atom is -0.477 e. The van der Waals surface area contributed by atoms with Gasteiger partial charge in [-0.05, 0) is 26.8 Å². The molecule has 0 aliphatic carbocycles. The maximum Gasteiger partial charge on any atom is 0.341 e. The van der Waals surface area contributed by atoms with Gasteiger partial charge in [-0.25, -0.2) is 13.6 Å². The first-order valence-corrected chi connectivity index (χ1v) is 6.86. The summed E-state index contributed by atoms with van der Waals surface area (Å²) in [6.07, 6.45) is 0.998. The molecule has 0 fully saturated rings. The van der Waals surface area contributed by atoms with Crippen LogP contribution in [-0.2, 0) is 6.54 Å². The zero-order chi connectivity index (χ0) is 17.4. The number of rotatable bonds is 4. The van der Waals surface area contributed by atoms with Crippen molar-refractivity contribution in [2.24, 2.45) is 0 Å². The van der Waals surface area contributed by atoms with Crippen molar-refractivity contribution in [3.8, 4) is 5.88 Å². The lowest BCUT2D eigenvalue weighted by Gasteiger charge is -2.21. The molecule has 1 N–H and O–H groups in total. The smallest absolute Gasteiger partial charge is 0.341 e. The number of carbonyl (C=O) groups is 1. The molecular formula is C15H16F2N2O4. The average molecular weight is 326 g/mol. The molecule has 0 amide bonds. The normalized spacial score (nSPS) is 11.7. The van der Waals surface area contributed by atoms with Gasteiger partial charge in [0.25, 0.3) is 5.88 Å². The van der Waals surface area contributed by atoms with Crippen LogP contribution in [0.2, 0.25) is 0 Å². The summed E-state index contributed by atoms with van der Waals surface area (Å²) in [6, 6.07) is 0.868. The number of aromatic carboxylic acids is 1. The van der Waals surface area contributed by atoms with Crippen molar-refractivity contribution < 1.29 is 23.4 Å². The lowest BCUT2D eigenvalue weighted by Crippen LogP contribution is -2.25. The fourth-order valence-corrected chi connectivity index (χ4v) is 2.04. The minimum atomic E-state index is -1.47. The van der Waals surface area contributed by atoms with Crippen LogP contribution < -0.4 is 10.2 Å². The molecule has 8 heteroatoms. The summed E-state index contributed by atoms with van der Waals surface area (Å²) in [5.74, 6) is -2.70. The highest BCUT2D eigenvalue weighted by molar-refractivity contribution is 5.91. The fourth-order valence-electron chi connectivity index (χ4n) is 2.04. The van der Waals surface area contributed by atoms with Crippen LogP contribution in [0.1, 0.15) is 31.1 Å². The maximum absolute atomic E-state index is 14.1. The molecule has 6 nitrogen and oxygen atoms in total.